The van der Waals surface area contributed by atoms with Crippen molar-refractivity contribution in [1.29, 1.82) is 0 Å². The predicted octanol–water partition coefficient (Wildman–Crippen LogP) is 2.98. The lowest BCUT2D eigenvalue weighted by atomic mass is 9.88. The summed E-state index contributed by atoms with van der Waals surface area (Å²) < 4.78 is 37.1. The molecule has 2 aromatic heterocycles. The number of aromatic nitrogens is 1. The highest BCUT2D eigenvalue weighted by Crippen LogP contribution is 2.40. The number of fused-ring (bicyclic) bond motifs is 2. The summed E-state index contributed by atoms with van der Waals surface area (Å²) in [6.45, 7) is 1.84. The SMILES string of the molecule is COC(=O)Cn1c(=NC(=O)CS(=O)(=O)CC(=O)Nc2sc3c(c2C(=O)OC)CCC(C)C3)sc2cc(Cl)ccc21. The van der Waals surface area contributed by atoms with Gasteiger partial charge in [0.1, 0.15) is 23.1 Å². The topological polar surface area (TPSA) is 150 Å². The first-order valence-corrected chi connectivity index (χ1v) is 15.9. The van der Waals surface area contributed by atoms with Crippen molar-refractivity contribution in [2.75, 3.05) is 31.0 Å². The van der Waals surface area contributed by atoms with Crippen LogP contribution in [-0.2, 0) is 53.1 Å². The van der Waals surface area contributed by atoms with Crippen LogP contribution >= 0.6 is 34.3 Å². The minimum atomic E-state index is -4.23. The molecular weight excluding hydrogens is 602 g/mol. The second-order valence-electron chi connectivity index (χ2n) is 9.29. The summed E-state index contributed by atoms with van der Waals surface area (Å²) in [7, 11) is -1.78. The van der Waals surface area contributed by atoms with Gasteiger partial charge < -0.3 is 19.4 Å². The van der Waals surface area contributed by atoms with Crippen LogP contribution in [0.25, 0.3) is 10.2 Å². The van der Waals surface area contributed by atoms with Crippen LogP contribution in [0.4, 0.5) is 5.00 Å². The molecule has 40 heavy (non-hydrogen) atoms. The maximum absolute atomic E-state index is 12.7. The van der Waals surface area contributed by atoms with E-state index in [0.717, 1.165) is 34.6 Å². The lowest BCUT2D eigenvalue weighted by molar-refractivity contribution is -0.141. The number of carbonyl (C=O) groups excluding carboxylic acids is 4. The van der Waals surface area contributed by atoms with Crippen molar-refractivity contribution in [3.8, 4) is 0 Å². The first kappa shape index (κ1) is 29.9. The Morgan fingerprint density at radius 3 is 2.60 bits per heavy atom. The Hall–Kier alpha value is -3.07. The molecule has 1 aromatic carbocycles. The van der Waals surface area contributed by atoms with Crippen LogP contribution in [0.15, 0.2) is 23.2 Å². The number of halogens is 1. The van der Waals surface area contributed by atoms with E-state index in [9.17, 15) is 27.6 Å². The molecule has 0 saturated heterocycles. The summed E-state index contributed by atoms with van der Waals surface area (Å²) >= 11 is 8.33. The van der Waals surface area contributed by atoms with Gasteiger partial charge in [-0.05, 0) is 48.9 Å². The fourth-order valence-corrected chi connectivity index (χ4v) is 8.13. The Morgan fingerprint density at radius 2 is 1.90 bits per heavy atom. The van der Waals surface area contributed by atoms with Crippen LogP contribution in [0.2, 0.25) is 5.02 Å². The lowest BCUT2D eigenvalue weighted by Crippen LogP contribution is -2.29. The number of nitrogens with one attached hydrogen (secondary N) is 1. The van der Waals surface area contributed by atoms with Crippen molar-refractivity contribution in [3.63, 3.8) is 0 Å². The van der Waals surface area contributed by atoms with Gasteiger partial charge in [0.05, 0.1) is 30.0 Å². The van der Waals surface area contributed by atoms with E-state index in [2.05, 4.69) is 17.2 Å². The number of nitrogens with zero attached hydrogens (tertiary/aromatic N) is 2. The number of amides is 2. The zero-order chi connectivity index (χ0) is 29.2. The van der Waals surface area contributed by atoms with Crippen LogP contribution in [-0.4, -0.2) is 62.5 Å². The van der Waals surface area contributed by atoms with Crippen LogP contribution in [0.3, 0.4) is 0 Å². The Labute approximate surface area is 242 Å². The van der Waals surface area contributed by atoms with Crippen LogP contribution in [0.5, 0.6) is 0 Å². The number of hydrogen-bond acceptors (Lipinski definition) is 10. The molecule has 2 heterocycles. The molecule has 15 heteroatoms. The third kappa shape index (κ3) is 6.79. The molecule has 0 saturated carbocycles. The van der Waals surface area contributed by atoms with Gasteiger partial charge in [0.25, 0.3) is 5.91 Å². The number of hydrogen-bond donors (Lipinski definition) is 1. The molecule has 4 rings (SSSR count). The molecule has 214 valence electrons. The Bertz CT molecular complexity index is 1690. The lowest BCUT2D eigenvalue weighted by Gasteiger charge is -2.18. The summed E-state index contributed by atoms with van der Waals surface area (Å²) in [5, 5.41) is 3.19. The van der Waals surface area contributed by atoms with E-state index in [1.165, 1.54) is 30.1 Å². The maximum Gasteiger partial charge on any atom is 0.341 e. The second kappa shape index (κ2) is 12.2. The number of sulfone groups is 1. The van der Waals surface area contributed by atoms with Crippen LogP contribution in [0.1, 0.15) is 34.1 Å². The van der Waals surface area contributed by atoms with Crippen molar-refractivity contribution >= 4 is 83.1 Å². The highest BCUT2D eigenvalue weighted by molar-refractivity contribution is 7.92. The number of rotatable bonds is 8. The molecule has 3 aromatic rings. The first-order valence-electron chi connectivity index (χ1n) is 12.1. The summed E-state index contributed by atoms with van der Waals surface area (Å²) in [6.07, 6.45) is 2.28. The van der Waals surface area contributed by atoms with E-state index in [4.69, 9.17) is 21.1 Å². The average molecular weight is 628 g/mol. The molecule has 11 nitrogen and oxygen atoms in total. The predicted molar refractivity (Wildman–Crippen MR) is 152 cm³/mol. The van der Waals surface area contributed by atoms with Gasteiger partial charge in [-0.2, -0.15) is 4.99 Å². The summed E-state index contributed by atoms with van der Waals surface area (Å²) in [5.41, 5.74) is 1.61. The van der Waals surface area contributed by atoms with E-state index >= 15 is 0 Å². The molecule has 1 N–H and O–H groups in total. The molecule has 1 aliphatic carbocycles. The zero-order valence-electron chi connectivity index (χ0n) is 21.8. The van der Waals surface area contributed by atoms with Gasteiger partial charge in [-0.25, -0.2) is 13.2 Å². The van der Waals surface area contributed by atoms with Gasteiger partial charge >= 0.3 is 11.9 Å². The number of thiazole rings is 1. The normalized spacial score (nSPS) is 15.5. The Balaban J connectivity index is 1.53. The molecule has 1 unspecified atom stereocenters. The van der Waals surface area contributed by atoms with Gasteiger partial charge in [-0.1, -0.05) is 29.9 Å². The van der Waals surface area contributed by atoms with Crippen LogP contribution in [0, 0.1) is 5.92 Å². The highest BCUT2D eigenvalue weighted by atomic mass is 35.5. The molecule has 0 aliphatic heterocycles. The van der Waals surface area contributed by atoms with E-state index in [0.29, 0.717) is 27.6 Å². The molecule has 0 spiro atoms. The number of benzene rings is 1. The van der Waals surface area contributed by atoms with E-state index in [1.54, 1.807) is 18.2 Å². The van der Waals surface area contributed by atoms with Crippen LogP contribution < -0.4 is 10.1 Å². The number of carbonyl (C=O) groups is 4. The Morgan fingerprint density at radius 1 is 1.15 bits per heavy atom. The van der Waals surface area contributed by atoms with Gasteiger partial charge in [-0.15, -0.1) is 11.3 Å². The smallest absolute Gasteiger partial charge is 0.341 e. The largest absolute Gasteiger partial charge is 0.468 e. The third-order valence-electron chi connectivity index (χ3n) is 6.23. The molecule has 0 radical (unpaired) electrons. The number of anilines is 1. The number of ether oxygens (including phenoxy) is 2. The van der Waals surface area contributed by atoms with Crippen molar-refractivity contribution in [3.05, 3.63) is 44.0 Å². The van der Waals surface area contributed by atoms with E-state index in [-0.39, 0.29) is 21.9 Å². The second-order valence-corrected chi connectivity index (χ2v) is 13.9. The minimum absolute atomic E-state index is 0.0773. The first-order chi connectivity index (χ1) is 18.9. The Kier molecular flexibility index (Phi) is 9.12. The summed E-state index contributed by atoms with van der Waals surface area (Å²) in [4.78, 5) is 54.7. The van der Waals surface area contributed by atoms with Gasteiger partial charge in [0.15, 0.2) is 14.6 Å². The molecule has 0 bridgehead atoms. The standard InChI is InChI=1S/C25H26ClN3O8S3/c1-13-4-6-15-17(8-13)38-23(22(15)24(33)37-3)27-19(30)11-40(34,35)12-20(31)28-25-29(10-21(32)36-2)16-7-5-14(26)9-18(16)39-25/h5,7,9,13H,4,6,8,10-12H2,1-3H3,(H,27,30). The van der Waals surface area contributed by atoms with Crippen molar-refractivity contribution < 1.29 is 37.1 Å². The number of methoxy groups -OCH3 is 2. The molecule has 2 amide bonds. The summed E-state index contributed by atoms with van der Waals surface area (Å²) in [6, 6.07) is 4.88. The molecule has 1 aliphatic rings. The van der Waals surface area contributed by atoms with Gasteiger partial charge in [0, 0.05) is 9.90 Å². The summed E-state index contributed by atoms with van der Waals surface area (Å²) in [5.74, 6) is -4.71. The number of esters is 2. The quantitative estimate of drug-likeness (QED) is 0.375. The molecule has 0 fully saturated rings. The average Bonchev–Trinajstić information content (AvgIpc) is 3.38. The van der Waals surface area contributed by atoms with Gasteiger partial charge in [-0.3, -0.25) is 14.4 Å². The molecular formula is C25H26ClN3O8S3. The highest BCUT2D eigenvalue weighted by Gasteiger charge is 2.30. The molecule has 1 atom stereocenters. The number of thiophene rings is 1. The fraction of sp³-hybridized carbons (Fsp3) is 0.400. The van der Waals surface area contributed by atoms with Crippen molar-refractivity contribution in [2.24, 2.45) is 10.9 Å². The fourth-order valence-electron chi connectivity index (χ4n) is 4.38. The van der Waals surface area contributed by atoms with E-state index < -0.39 is 45.1 Å². The third-order valence-corrected chi connectivity index (χ3v) is 10.1. The van der Waals surface area contributed by atoms with E-state index in [1.807, 2.05) is 0 Å². The minimum Gasteiger partial charge on any atom is -0.468 e. The van der Waals surface area contributed by atoms with Crippen molar-refractivity contribution in [2.45, 2.75) is 32.7 Å². The zero-order valence-corrected chi connectivity index (χ0v) is 25.0. The maximum atomic E-state index is 12.7. The van der Waals surface area contributed by atoms with Crippen molar-refractivity contribution in [1.82, 2.24) is 4.57 Å². The van der Waals surface area contributed by atoms with Gasteiger partial charge in [0.2, 0.25) is 5.91 Å². The monoisotopic (exact) mass is 627 g/mol.